The average Bonchev–Trinajstić information content (AvgIpc) is 2.56. The van der Waals surface area contributed by atoms with Crippen LogP contribution in [-0.2, 0) is 15.5 Å². The molecule has 0 radical (unpaired) electrons. The molecule has 1 aliphatic heterocycles. The highest BCUT2D eigenvalue weighted by Gasteiger charge is 2.53. The van der Waals surface area contributed by atoms with Crippen LogP contribution in [0.15, 0.2) is 18.2 Å². The van der Waals surface area contributed by atoms with Gasteiger partial charge < -0.3 is 9.31 Å². The lowest BCUT2D eigenvalue weighted by atomic mass is 9.74. The standard InChI is InChI=1S/C15H18BF3O3/c1-9(20)10-6-7-11(15(17,18)19)12(8-10)16-21-13(2,3)14(4,5)22-16/h6-8H,1-5H3. The number of Topliss-reactive ketones (excluding diaryl/α,β-unsaturated/α-hetero) is 1. The Labute approximate surface area is 127 Å². The number of carbonyl (C=O) groups excluding carboxylic acids is 1. The number of ketones is 1. The molecular weight excluding hydrogens is 296 g/mol. The summed E-state index contributed by atoms with van der Waals surface area (Å²) in [5, 5.41) is 0. The van der Waals surface area contributed by atoms with Crippen molar-refractivity contribution in [2.24, 2.45) is 0 Å². The van der Waals surface area contributed by atoms with Gasteiger partial charge >= 0.3 is 13.3 Å². The van der Waals surface area contributed by atoms with Crippen molar-refractivity contribution in [2.75, 3.05) is 0 Å². The zero-order chi connectivity index (χ0) is 16.9. The second-order valence-electron chi connectivity index (χ2n) is 6.44. The third kappa shape index (κ3) is 2.92. The van der Waals surface area contributed by atoms with Crippen LogP contribution in [0.5, 0.6) is 0 Å². The number of rotatable bonds is 2. The minimum atomic E-state index is -4.55. The van der Waals surface area contributed by atoms with Crippen LogP contribution in [0.4, 0.5) is 13.2 Å². The first kappa shape index (κ1) is 17.0. The fraction of sp³-hybridized carbons (Fsp3) is 0.533. The van der Waals surface area contributed by atoms with Crippen LogP contribution in [0.25, 0.3) is 0 Å². The first-order chi connectivity index (χ1) is 9.85. The van der Waals surface area contributed by atoms with Crippen molar-refractivity contribution in [2.45, 2.75) is 52.0 Å². The van der Waals surface area contributed by atoms with E-state index in [1.165, 1.54) is 19.1 Å². The highest BCUT2D eigenvalue weighted by atomic mass is 19.4. The van der Waals surface area contributed by atoms with Gasteiger partial charge in [-0.25, -0.2) is 0 Å². The summed E-state index contributed by atoms with van der Waals surface area (Å²) in [6.07, 6.45) is -4.55. The molecule has 1 saturated heterocycles. The van der Waals surface area contributed by atoms with E-state index in [-0.39, 0.29) is 16.8 Å². The van der Waals surface area contributed by atoms with Crippen LogP contribution in [-0.4, -0.2) is 24.1 Å². The summed E-state index contributed by atoms with van der Waals surface area (Å²) in [6, 6.07) is 3.27. The fourth-order valence-electron chi connectivity index (χ4n) is 2.20. The predicted molar refractivity (Wildman–Crippen MR) is 77.2 cm³/mol. The van der Waals surface area contributed by atoms with Gasteiger partial charge in [0.15, 0.2) is 5.78 Å². The number of carbonyl (C=O) groups is 1. The number of hydrogen-bond donors (Lipinski definition) is 0. The fourth-order valence-corrected chi connectivity index (χ4v) is 2.20. The summed E-state index contributed by atoms with van der Waals surface area (Å²) in [6.45, 7) is 8.34. The average molecular weight is 314 g/mol. The maximum atomic E-state index is 13.2. The van der Waals surface area contributed by atoms with E-state index in [0.29, 0.717) is 0 Å². The van der Waals surface area contributed by atoms with E-state index in [0.717, 1.165) is 6.07 Å². The van der Waals surface area contributed by atoms with E-state index >= 15 is 0 Å². The largest absolute Gasteiger partial charge is 0.495 e. The molecule has 1 aliphatic rings. The van der Waals surface area contributed by atoms with Crippen LogP contribution in [0.1, 0.15) is 50.5 Å². The van der Waals surface area contributed by atoms with Crippen LogP contribution < -0.4 is 5.46 Å². The lowest BCUT2D eigenvalue weighted by molar-refractivity contribution is -0.136. The lowest BCUT2D eigenvalue weighted by Gasteiger charge is -2.32. The highest BCUT2D eigenvalue weighted by Crippen LogP contribution is 2.38. The Kier molecular flexibility index (Phi) is 3.94. The van der Waals surface area contributed by atoms with Crippen LogP contribution in [0.3, 0.4) is 0 Å². The molecule has 3 nitrogen and oxygen atoms in total. The quantitative estimate of drug-likeness (QED) is 0.621. The van der Waals surface area contributed by atoms with Crippen molar-refractivity contribution >= 4 is 18.4 Å². The molecule has 0 atom stereocenters. The van der Waals surface area contributed by atoms with Crippen LogP contribution in [0, 0.1) is 0 Å². The van der Waals surface area contributed by atoms with Gasteiger partial charge in [0.1, 0.15) is 0 Å². The second-order valence-corrected chi connectivity index (χ2v) is 6.44. The molecule has 0 aromatic heterocycles. The molecule has 0 unspecified atom stereocenters. The van der Waals surface area contributed by atoms with Gasteiger partial charge in [0.05, 0.1) is 16.8 Å². The molecule has 1 fully saturated rings. The molecule has 22 heavy (non-hydrogen) atoms. The molecule has 0 aliphatic carbocycles. The van der Waals surface area contributed by atoms with Gasteiger partial charge in [0.25, 0.3) is 0 Å². The third-order valence-electron chi connectivity index (χ3n) is 4.27. The van der Waals surface area contributed by atoms with Gasteiger partial charge in [-0.3, -0.25) is 4.79 Å². The Balaban J connectivity index is 2.54. The Morgan fingerprint density at radius 3 is 2.00 bits per heavy atom. The molecular formula is C15H18BF3O3. The molecule has 1 aromatic carbocycles. The summed E-state index contributed by atoms with van der Waals surface area (Å²) in [5.41, 5.74) is -2.34. The SMILES string of the molecule is CC(=O)c1ccc(C(F)(F)F)c(B2OC(C)(C)C(C)(C)O2)c1. The second kappa shape index (κ2) is 5.10. The van der Waals surface area contributed by atoms with Gasteiger partial charge in [-0.05, 0) is 46.1 Å². The van der Waals surface area contributed by atoms with E-state index in [1.54, 1.807) is 27.7 Å². The Bertz CT molecular complexity index is 593. The van der Waals surface area contributed by atoms with E-state index in [1.807, 2.05) is 0 Å². The van der Waals surface area contributed by atoms with Gasteiger partial charge in [0, 0.05) is 5.56 Å². The predicted octanol–water partition coefficient (Wildman–Crippen LogP) is 3.21. The Morgan fingerprint density at radius 2 is 1.59 bits per heavy atom. The summed E-state index contributed by atoms with van der Waals surface area (Å²) < 4.78 is 51.0. The summed E-state index contributed by atoms with van der Waals surface area (Å²) in [7, 11) is -1.17. The van der Waals surface area contributed by atoms with E-state index in [4.69, 9.17) is 9.31 Å². The zero-order valence-electron chi connectivity index (χ0n) is 13.2. The smallest absolute Gasteiger partial charge is 0.399 e. The molecule has 2 rings (SSSR count). The van der Waals surface area contributed by atoms with Gasteiger partial charge in [-0.2, -0.15) is 13.2 Å². The number of alkyl halides is 3. The number of benzene rings is 1. The van der Waals surface area contributed by atoms with Crippen molar-refractivity contribution in [3.63, 3.8) is 0 Å². The molecule has 0 bridgehead atoms. The van der Waals surface area contributed by atoms with Crippen molar-refractivity contribution < 1.29 is 27.3 Å². The summed E-state index contributed by atoms with van der Waals surface area (Å²) >= 11 is 0. The molecule has 1 heterocycles. The molecule has 0 spiro atoms. The molecule has 0 amide bonds. The van der Waals surface area contributed by atoms with Gasteiger partial charge in [-0.15, -0.1) is 0 Å². The van der Waals surface area contributed by atoms with Crippen molar-refractivity contribution in [3.8, 4) is 0 Å². The van der Waals surface area contributed by atoms with Gasteiger partial charge in [-0.1, -0.05) is 12.1 Å². The Morgan fingerprint density at radius 1 is 1.09 bits per heavy atom. The minimum absolute atomic E-state index is 0.168. The monoisotopic (exact) mass is 314 g/mol. The molecule has 1 aromatic rings. The van der Waals surface area contributed by atoms with Crippen molar-refractivity contribution in [1.29, 1.82) is 0 Å². The highest BCUT2D eigenvalue weighted by molar-refractivity contribution is 6.62. The summed E-state index contributed by atoms with van der Waals surface area (Å²) in [4.78, 5) is 11.5. The zero-order valence-corrected chi connectivity index (χ0v) is 13.2. The normalized spacial score (nSPS) is 20.3. The first-order valence-corrected chi connectivity index (χ1v) is 6.93. The number of hydrogen-bond acceptors (Lipinski definition) is 3. The van der Waals surface area contributed by atoms with Gasteiger partial charge in [0.2, 0.25) is 0 Å². The van der Waals surface area contributed by atoms with Crippen LogP contribution >= 0.6 is 0 Å². The molecule has 0 saturated carbocycles. The van der Waals surface area contributed by atoms with E-state index in [9.17, 15) is 18.0 Å². The molecule has 7 heteroatoms. The number of halogens is 3. The van der Waals surface area contributed by atoms with Crippen molar-refractivity contribution in [1.82, 2.24) is 0 Å². The van der Waals surface area contributed by atoms with Crippen molar-refractivity contribution in [3.05, 3.63) is 29.3 Å². The first-order valence-electron chi connectivity index (χ1n) is 6.93. The minimum Gasteiger partial charge on any atom is -0.399 e. The van der Waals surface area contributed by atoms with E-state index < -0.39 is 30.1 Å². The lowest BCUT2D eigenvalue weighted by Crippen LogP contribution is -2.41. The maximum Gasteiger partial charge on any atom is 0.495 e. The molecule has 120 valence electrons. The Hall–Kier alpha value is -1.34. The van der Waals surface area contributed by atoms with Crippen LogP contribution in [0.2, 0.25) is 0 Å². The molecule has 0 N–H and O–H groups in total. The third-order valence-corrected chi connectivity index (χ3v) is 4.27. The maximum absolute atomic E-state index is 13.2. The summed E-state index contributed by atoms with van der Waals surface area (Å²) in [5.74, 6) is -0.313. The topological polar surface area (TPSA) is 35.5 Å². The van der Waals surface area contributed by atoms with E-state index in [2.05, 4.69) is 0 Å².